The van der Waals surface area contributed by atoms with Gasteiger partial charge in [0, 0.05) is 13.6 Å². The second-order valence-electron chi connectivity index (χ2n) is 4.83. The number of halogens is 1. The third-order valence-corrected chi connectivity index (χ3v) is 5.78. The van der Waals surface area contributed by atoms with Crippen molar-refractivity contribution < 1.29 is 8.42 Å². The standard InChI is InChI=1S/C14H18BrN3O2S/c1-4-18-14(13(15)9-16-18)10-17(3)21(19,20)12-7-5-11(2)6-8-12/h5-9H,4,10H2,1-3H3. The van der Waals surface area contributed by atoms with Crippen molar-refractivity contribution in [2.24, 2.45) is 0 Å². The first-order valence-electron chi connectivity index (χ1n) is 6.59. The van der Waals surface area contributed by atoms with Gasteiger partial charge in [0.15, 0.2) is 0 Å². The lowest BCUT2D eigenvalue weighted by Crippen LogP contribution is -2.27. The van der Waals surface area contributed by atoms with Crippen LogP contribution in [-0.4, -0.2) is 29.6 Å². The molecule has 21 heavy (non-hydrogen) atoms. The predicted octanol–water partition coefficient (Wildman–Crippen LogP) is 2.79. The summed E-state index contributed by atoms with van der Waals surface area (Å²) >= 11 is 3.41. The van der Waals surface area contributed by atoms with Crippen LogP contribution in [0.15, 0.2) is 39.8 Å². The summed E-state index contributed by atoms with van der Waals surface area (Å²) in [5, 5.41) is 4.20. The van der Waals surface area contributed by atoms with Crippen LogP contribution in [0.1, 0.15) is 18.2 Å². The van der Waals surface area contributed by atoms with Gasteiger partial charge in [-0.05, 0) is 41.9 Å². The van der Waals surface area contributed by atoms with Crippen LogP contribution in [0.3, 0.4) is 0 Å². The molecule has 0 unspecified atom stereocenters. The normalized spacial score (nSPS) is 12.0. The molecule has 0 saturated carbocycles. The second-order valence-corrected chi connectivity index (χ2v) is 7.73. The van der Waals surface area contributed by atoms with Crippen molar-refractivity contribution in [2.45, 2.75) is 31.8 Å². The lowest BCUT2D eigenvalue weighted by Gasteiger charge is -2.18. The van der Waals surface area contributed by atoms with Crippen LogP contribution in [0.4, 0.5) is 0 Å². The van der Waals surface area contributed by atoms with Gasteiger partial charge in [0.2, 0.25) is 10.0 Å². The van der Waals surface area contributed by atoms with Crippen molar-refractivity contribution in [3.63, 3.8) is 0 Å². The van der Waals surface area contributed by atoms with Crippen LogP contribution >= 0.6 is 15.9 Å². The predicted molar refractivity (Wildman–Crippen MR) is 85.4 cm³/mol. The zero-order valence-corrected chi connectivity index (χ0v) is 14.6. The fourth-order valence-corrected chi connectivity index (χ4v) is 3.56. The molecule has 0 amide bonds. The molecule has 0 radical (unpaired) electrons. The topological polar surface area (TPSA) is 55.2 Å². The van der Waals surface area contributed by atoms with E-state index in [4.69, 9.17) is 0 Å². The fraction of sp³-hybridized carbons (Fsp3) is 0.357. The zero-order chi connectivity index (χ0) is 15.6. The van der Waals surface area contributed by atoms with Crippen LogP contribution < -0.4 is 0 Å². The van der Waals surface area contributed by atoms with Crippen LogP contribution in [0, 0.1) is 6.92 Å². The average molecular weight is 372 g/mol. The Morgan fingerprint density at radius 2 is 1.90 bits per heavy atom. The Hall–Kier alpha value is -1.18. The molecule has 7 heteroatoms. The molecule has 0 bridgehead atoms. The maximum Gasteiger partial charge on any atom is 0.243 e. The highest BCUT2D eigenvalue weighted by molar-refractivity contribution is 9.10. The van der Waals surface area contributed by atoms with Crippen molar-refractivity contribution in [2.75, 3.05) is 7.05 Å². The largest absolute Gasteiger partial charge is 0.267 e. The molecule has 2 aromatic rings. The molecule has 2 rings (SSSR count). The molecular formula is C14H18BrN3O2S. The third kappa shape index (κ3) is 3.36. The number of aryl methyl sites for hydroxylation is 2. The quantitative estimate of drug-likeness (QED) is 0.811. The lowest BCUT2D eigenvalue weighted by molar-refractivity contribution is 0.446. The van der Waals surface area contributed by atoms with E-state index in [0.29, 0.717) is 11.4 Å². The van der Waals surface area contributed by atoms with Crippen molar-refractivity contribution in [3.05, 3.63) is 46.2 Å². The van der Waals surface area contributed by atoms with Crippen molar-refractivity contribution in [1.82, 2.24) is 14.1 Å². The smallest absolute Gasteiger partial charge is 0.243 e. The molecule has 0 aliphatic heterocycles. The Bertz CT molecular complexity index is 723. The summed E-state index contributed by atoms with van der Waals surface area (Å²) in [5.41, 5.74) is 1.87. The molecule has 0 fully saturated rings. The molecule has 1 aromatic heterocycles. The van der Waals surface area contributed by atoms with E-state index in [-0.39, 0.29) is 6.54 Å². The summed E-state index contributed by atoms with van der Waals surface area (Å²) in [6, 6.07) is 6.86. The first-order chi connectivity index (χ1) is 9.86. The molecule has 1 heterocycles. The molecule has 0 aliphatic rings. The number of hydrogen-bond acceptors (Lipinski definition) is 3. The van der Waals surface area contributed by atoms with E-state index in [1.165, 1.54) is 4.31 Å². The lowest BCUT2D eigenvalue weighted by atomic mass is 10.2. The number of nitrogens with zero attached hydrogens (tertiary/aromatic N) is 3. The summed E-state index contributed by atoms with van der Waals surface area (Å²) in [5.74, 6) is 0. The molecule has 0 saturated heterocycles. The molecule has 5 nitrogen and oxygen atoms in total. The van der Waals surface area contributed by atoms with E-state index in [9.17, 15) is 8.42 Å². The second kappa shape index (κ2) is 6.29. The van der Waals surface area contributed by atoms with Crippen LogP contribution in [-0.2, 0) is 23.1 Å². The first-order valence-corrected chi connectivity index (χ1v) is 8.82. The van der Waals surface area contributed by atoms with Gasteiger partial charge in [-0.1, -0.05) is 17.7 Å². The summed E-state index contributed by atoms with van der Waals surface area (Å²) in [7, 11) is -1.92. The minimum Gasteiger partial charge on any atom is -0.267 e. The molecule has 0 spiro atoms. The third-order valence-electron chi connectivity index (χ3n) is 3.30. The maximum atomic E-state index is 12.6. The monoisotopic (exact) mass is 371 g/mol. The van der Waals surface area contributed by atoms with E-state index in [0.717, 1.165) is 15.7 Å². The number of sulfonamides is 1. The van der Waals surface area contributed by atoms with Gasteiger partial charge in [-0.25, -0.2) is 8.42 Å². The van der Waals surface area contributed by atoms with Gasteiger partial charge in [-0.2, -0.15) is 9.40 Å². The fourth-order valence-electron chi connectivity index (χ4n) is 2.00. The Morgan fingerprint density at radius 1 is 1.29 bits per heavy atom. The van der Waals surface area contributed by atoms with Crippen molar-refractivity contribution in [1.29, 1.82) is 0 Å². The van der Waals surface area contributed by atoms with E-state index in [1.54, 1.807) is 42.2 Å². The van der Waals surface area contributed by atoms with Gasteiger partial charge in [0.05, 0.1) is 27.8 Å². The van der Waals surface area contributed by atoms with Crippen molar-refractivity contribution in [3.8, 4) is 0 Å². The van der Waals surface area contributed by atoms with Gasteiger partial charge in [-0.15, -0.1) is 0 Å². The number of aromatic nitrogens is 2. The highest BCUT2D eigenvalue weighted by Gasteiger charge is 2.23. The first kappa shape index (κ1) is 16.2. The molecule has 1 aromatic carbocycles. The molecule has 0 aliphatic carbocycles. The van der Waals surface area contributed by atoms with E-state index in [2.05, 4.69) is 21.0 Å². The minimum atomic E-state index is -3.50. The number of benzene rings is 1. The Kier molecular flexibility index (Phi) is 4.85. The Labute approximate surface area is 133 Å². The van der Waals surface area contributed by atoms with Crippen LogP contribution in [0.5, 0.6) is 0 Å². The Balaban J connectivity index is 2.28. The van der Waals surface area contributed by atoms with E-state index >= 15 is 0 Å². The van der Waals surface area contributed by atoms with Gasteiger partial charge < -0.3 is 0 Å². The number of hydrogen-bond donors (Lipinski definition) is 0. The van der Waals surface area contributed by atoms with E-state index in [1.807, 2.05) is 13.8 Å². The van der Waals surface area contributed by atoms with Crippen molar-refractivity contribution >= 4 is 26.0 Å². The molecular weight excluding hydrogens is 354 g/mol. The summed E-state index contributed by atoms with van der Waals surface area (Å²) in [4.78, 5) is 0.300. The molecule has 114 valence electrons. The van der Waals surface area contributed by atoms with Gasteiger partial charge in [-0.3, -0.25) is 4.68 Å². The highest BCUT2D eigenvalue weighted by atomic mass is 79.9. The Morgan fingerprint density at radius 3 is 2.48 bits per heavy atom. The van der Waals surface area contributed by atoms with Crippen LogP contribution in [0.2, 0.25) is 0 Å². The van der Waals surface area contributed by atoms with Gasteiger partial charge >= 0.3 is 0 Å². The average Bonchev–Trinajstić information content (AvgIpc) is 2.80. The van der Waals surface area contributed by atoms with Gasteiger partial charge in [0.1, 0.15) is 0 Å². The van der Waals surface area contributed by atoms with Crippen LogP contribution in [0.25, 0.3) is 0 Å². The molecule has 0 N–H and O–H groups in total. The number of rotatable bonds is 5. The summed E-state index contributed by atoms with van der Waals surface area (Å²) < 4.78 is 29.1. The minimum absolute atomic E-state index is 0.268. The summed E-state index contributed by atoms with van der Waals surface area (Å²) in [6.45, 7) is 4.86. The highest BCUT2D eigenvalue weighted by Crippen LogP contribution is 2.21. The zero-order valence-electron chi connectivity index (χ0n) is 12.2. The molecule has 0 atom stereocenters. The van der Waals surface area contributed by atoms with E-state index < -0.39 is 10.0 Å². The summed E-state index contributed by atoms with van der Waals surface area (Å²) in [6.07, 6.45) is 1.69. The SMILES string of the molecule is CCn1ncc(Br)c1CN(C)S(=O)(=O)c1ccc(C)cc1. The van der Waals surface area contributed by atoms with Gasteiger partial charge in [0.25, 0.3) is 0 Å². The maximum absolute atomic E-state index is 12.6.